The standard InChI is InChI=1S/C15H19F2N5O/c1-9-11(7-21(2)19-9)6-18-14(23)8-22-13(10-3-4-10)5-12(20-22)15(16)17/h5,7,10,15H,3-4,6,8H2,1-2H3,(H,18,23). The molecule has 2 heterocycles. The minimum Gasteiger partial charge on any atom is -0.350 e. The van der Waals surface area contributed by atoms with Gasteiger partial charge in [-0.2, -0.15) is 10.2 Å². The molecule has 1 aliphatic rings. The number of aromatic nitrogens is 4. The van der Waals surface area contributed by atoms with Gasteiger partial charge in [0.2, 0.25) is 5.91 Å². The number of nitrogens with one attached hydrogen (secondary N) is 1. The van der Waals surface area contributed by atoms with Gasteiger partial charge >= 0.3 is 0 Å². The van der Waals surface area contributed by atoms with Crippen molar-refractivity contribution >= 4 is 5.91 Å². The fourth-order valence-corrected chi connectivity index (χ4v) is 2.60. The van der Waals surface area contributed by atoms with Crippen molar-refractivity contribution in [1.29, 1.82) is 0 Å². The summed E-state index contributed by atoms with van der Waals surface area (Å²) < 4.78 is 28.7. The first-order chi connectivity index (χ1) is 10.9. The summed E-state index contributed by atoms with van der Waals surface area (Å²) in [7, 11) is 1.82. The molecule has 0 unspecified atom stereocenters. The predicted molar refractivity (Wildman–Crippen MR) is 79.0 cm³/mol. The molecule has 0 bridgehead atoms. The summed E-state index contributed by atoms with van der Waals surface area (Å²) in [4.78, 5) is 12.1. The van der Waals surface area contributed by atoms with E-state index in [1.54, 1.807) is 4.68 Å². The summed E-state index contributed by atoms with van der Waals surface area (Å²) in [5, 5.41) is 10.9. The van der Waals surface area contributed by atoms with Crippen LogP contribution in [0.25, 0.3) is 0 Å². The lowest BCUT2D eigenvalue weighted by Crippen LogP contribution is -2.28. The van der Waals surface area contributed by atoms with Crippen LogP contribution in [0.3, 0.4) is 0 Å². The van der Waals surface area contributed by atoms with E-state index in [1.807, 2.05) is 20.2 Å². The average molecular weight is 323 g/mol. The smallest absolute Gasteiger partial charge is 0.282 e. The van der Waals surface area contributed by atoms with Crippen LogP contribution in [0.2, 0.25) is 0 Å². The molecule has 3 rings (SSSR count). The first-order valence-corrected chi connectivity index (χ1v) is 7.55. The van der Waals surface area contributed by atoms with Crippen LogP contribution >= 0.6 is 0 Å². The maximum atomic E-state index is 12.8. The fraction of sp³-hybridized carbons (Fsp3) is 0.533. The maximum absolute atomic E-state index is 12.8. The Hall–Kier alpha value is -2.25. The molecule has 0 aromatic carbocycles. The number of hydrogen-bond acceptors (Lipinski definition) is 3. The van der Waals surface area contributed by atoms with Crippen LogP contribution in [-0.4, -0.2) is 25.5 Å². The number of halogens is 2. The summed E-state index contributed by atoms with van der Waals surface area (Å²) in [5.74, 6) is 0.00226. The average Bonchev–Trinajstić information content (AvgIpc) is 3.15. The Morgan fingerprint density at radius 2 is 2.17 bits per heavy atom. The number of nitrogens with zero attached hydrogens (tertiary/aromatic N) is 4. The Labute approximate surface area is 132 Å². The van der Waals surface area contributed by atoms with Crippen molar-refractivity contribution in [3.05, 3.63) is 34.9 Å². The Morgan fingerprint density at radius 3 is 2.74 bits per heavy atom. The van der Waals surface area contributed by atoms with Gasteiger partial charge in [-0.1, -0.05) is 0 Å². The van der Waals surface area contributed by atoms with E-state index < -0.39 is 6.43 Å². The van der Waals surface area contributed by atoms with Gasteiger partial charge < -0.3 is 5.32 Å². The van der Waals surface area contributed by atoms with E-state index in [0.717, 1.165) is 29.8 Å². The van der Waals surface area contributed by atoms with E-state index in [1.165, 1.54) is 10.7 Å². The second-order valence-electron chi connectivity index (χ2n) is 5.92. The molecule has 1 aliphatic carbocycles. The molecule has 6 nitrogen and oxygen atoms in total. The number of alkyl halides is 2. The van der Waals surface area contributed by atoms with Crippen molar-refractivity contribution in [2.24, 2.45) is 7.05 Å². The van der Waals surface area contributed by atoms with Crippen molar-refractivity contribution in [3.63, 3.8) is 0 Å². The summed E-state index contributed by atoms with van der Waals surface area (Å²) >= 11 is 0. The molecule has 0 saturated heterocycles. The van der Waals surface area contributed by atoms with E-state index in [2.05, 4.69) is 15.5 Å². The molecule has 2 aromatic heterocycles. The number of hydrogen-bond donors (Lipinski definition) is 1. The summed E-state index contributed by atoms with van der Waals surface area (Å²) in [5.41, 5.74) is 2.25. The molecule has 0 atom stereocenters. The third kappa shape index (κ3) is 3.57. The molecule has 23 heavy (non-hydrogen) atoms. The summed E-state index contributed by atoms with van der Waals surface area (Å²) in [6.45, 7) is 2.19. The Morgan fingerprint density at radius 1 is 1.43 bits per heavy atom. The molecule has 1 saturated carbocycles. The highest BCUT2D eigenvalue weighted by atomic mass is 19.3. The topological polar surface area (TPSA) is 64.7 Å². The van der Waals surface area contributed by atoms with Crippen molar-refractivity contribution in [3.8, 4) is 0 Å². The number of carbonyl (C=O) groups excluding carboxylic acids is 1. The Kier molecular flexibility index (Phi) is 4.14. The number of rotatable bonds is 6. The SMILES string of the molecule is Cc1nn(C)cc1CNC(=O)Cn1nc(C(F)F)cc1C1CC1. The molecule has 1 amide bonds. The first-order valence-electron chi connectivity index (χ1n) is 7.55. The molecule has 0 radical (unpaired) electrons. The molecule has 0 aliphatic heterocycles. The van der Waals surface area contributed by atoms with E-state index in [9.17, 15) is 13.6 Å². The molecular weight excluding hydrogens is 304 g/mol. The largest absolute Gasteiger partial charge is 0.350 e. The zero-order valence-corrected chi connectivity index (χ0v) is 13.1. The predicted octanol–water partition coefficient (Wildman–Crippen LogP) is 2.06. The number of carbonyl (C=O) groups is 1. The zero-order chi connectivity index (χ0) is 16.6. The summed E-state index contributed by atoms with van der Waals surface area (Å²) in [6, 6.07) is 1.42. The van der Waals surface area contributed by atoms with Crippen LogP contribution in [0.1, 0.15) is 47.8 Å². The minimum absolute atomic E-state index is 0.0438. The van der Waals surface area contributed by atoms with E-state index in [0.29, 0.717) is 6.54 Å². The summed E-state index contributed by atoms with van der Waals surface area (Å²) in [6.07, 6.45) is 1.15. The van der Waals surface area contributed by atoms with E-state index >= 15 is 0 Å². The molecular formula is C15H19F2N5O. The molecule has 2 aromatic rings. The van der Waals surface area contributed by atoms with Crippen LogP contribution in [-0.2, 0) is 24.9 Å². The lowest BCUT2D eigenvalue weighted by atomic mass is 10.2. The normalized spacial score (nSPS) is 14.5. The molecule has 124 valence electrons. The van der Waals surface area contributed by atoms with Crippen LogP contribution in [0.4, 0.5) is 8.78 Å². The number of aryl methyl sites for hydroxylation is 2. The van der Waals surface area contributed by atoms with Gasteiger partial charge in [0, 0.05) is 37.0 Å². The first kappa shape index (κ1) is 15.6. The molecule has 8 heteroatoms. The van der Waals surface area contributed by atoms with Gasteiger partial charge in [0.05, 0.1) is 5.69 Å². The highest BCUT2D eigenvalue weighted by molar-refractivity contribution is 5.75. The van der Waals surface area contributed by atoms with Gasteiger partial charge in [0.1, 0.15) is 12.2 Å². The van der Waals surface area contributed by atoms with Gasteiger partial charge in [-0.15, -0.1) is 0 Å². The molecule has 1 N–H and O–H groups in total. The monoisotopic (exact) mass is 323 g/mol. The maximum Gasteiger partial charge on any atom is 0.282 e. The van der Waals surface area contributed by atoms with Crippen LogP contribution in [0.15, 0.2) is 12.3 Å². The molecule has 0 spiro atoms. The highest BCUT2D eigenvalue weighted by Gasteiger charge is 2.30. The van der Waals surface area contributed by atoms with Gasteiger partial charge in [-0.25, -0.2) is 8.78 Å². The highest BCUT2D eigenvalue weighted by Crippen LogP contribution is 2.41. The van der Waals surface area contributed by atoms with Gasteiger partial charge in [-0.05, 0) is 25.8 Å². The van der Waals surface area contributed by atoms with Crippen molar-refractivity contribution in [2.45, 2.75) is 45.2 Å². The lowest BCUT2D eigenvalue weighted by Gasteiger charge is -2.07. The quantitative estimate of drug-likeness (QED) is 0.885. The van der Waals surface area contributed by atoms with Crippen molar-refractivity contribution in [2.75, 3.05) is 0 Å². The second kappa shape index (κ2) is 6.10. The third-order valence-corrected chi connectivity index (χ3v) is 3.93. The Bertz CT molecular complexity index is 718. The van der Waals surface area contributed by atoms with Gasteiger partial charge in [-0.3, -0.25) is 14.2 Å². The van der Waals surface area contributed by atoms with E-state index in [4.69, 9.17) is 0 Å². The lowest BCUT2D eigenvalue weighted by molar-refractivity contribution is -0.122. The van der Waals surface area contributed by atoms with E-state index in [-0.39, 0.29) is 24.1 Å². The van der Waals surface area contributed by atoms with Crippen molar-refractivity contribution in [1.82, 2.24) is 24.9 Å². The second-order valence-corrected chi connectivity index (χ2v) is 5.92. The van der Waals surface area contributed by atoms with Crippen molar-refractivity contribution < 1.29 is 13.6 Å². The van der Waals surface area contributed by atoms with Crippen LogP contribution in [0.5, 0.6) is 0 Å². The minimum atomic E-state index is -2.62. The third-order valence-electron chi connectivity index (χ3n) is 3.93. The van der Waals surface area contributed by atoms with Gasteiger partial charge in [0.25, 0.3) is 6.43 Å². The zero-order valence-electron chi connectivity index (χ0n) is 13.1. The Balaban J connectivity index is 1.64. The van der Waals surface area contributed by atoms with Crippen LogP contribution in [0, 0.1) is 6.92 Å². The molecule has 1 fully saturated rings. The van der Waals surface area contributed by atoms with Gasteiger partial charge in [0.15, 0.2) is 0 Å². The fourth-order valence-electron chi connectivity index (χ4n) is 2.60. The van der Waals surface area contributed by atoms with Crippen LogP contribution < -0.4 is 5.32 Å². The number of amides is 1.